The van der Waals surface area contributed by atoms with E-state index < -0.39 is 11.7 Å². The molecule has 0 aliphatic heterocycles. The van der Waals surface area contributed by atoms with Crippen molar-refractivity contribution < 1.29 is 17.9 Å². The van der Waals surface area contributed by atoms with Crippen LogP contribution < -0.4 is 10.5 Å². The van der Waals surface area contributed by atoms with Gasteiger partial charge < -0.3 is 10.5 Å². The molecule has 0 saturated heterocycles. The van der Waals surface area contributed by atoms with Crippen LogP contribution in [0.25, 0.3) is 0 Å². The average molecular weight is 298 g/mol. The minimum atomic E-state index is -4.41. The summed E-state index contributed by atoms with van der Waals surface area (Å²) in [6.07, 6.45) is -3.69. The zero-order valence-electron chi connectivity index (χ0n) is 10.0. The summed E-state index contributed by atoms with van der Waals surface area (Å²) >= 11 is 4.80. The quantitative estimate of drug-likeness (QED) is 0.881. The Kier molecular flexibility index (Phi) is 3.89. The number of nitrogens with zero attached hydrogens (tertiary/aromatic N) is 1. The van der Waals surface area contributed by atoms with Crippen molar-refractivity contribution in [1.82, 2.24) is 4.98 Å². The molecule has 1 heterocycles. The van der Waals surface area contributed by atoms with Gasteiger partial charge in [-0.15, -0.1) is 0 Å². The van der Waals surface area contributed by atoms with Crippen molar-refractivity contribution in [3.8, 4) is 11.6 Å². The van der Waals surface area contributed by atoms with Gasteiger partial charge in [0.15, 0.2) is 0 Å². The van der Waals surface area contributed by atoms with Crippen molar-refractivity contribution in [3.05, 3.63) is 53.7 Å². The first-order valence-corrected chi connectivity index (χ1v) is 5.88. The van der Waals surface area contributed by atoms with E-state index in [1.54, 1.807) is 24.3 Å². The van der Waals surface area contributed by atoms with E-state index in [0.29, 0.717) is 11.3 Å². The smallest absolute Gasteiger partial charge is 0.417 e. The molecule has 2 aromatic rings. The Balaban J connectivity index is 2.12. The maximum atomic E-state index is 12.4. The molecule has 0 unspecified atom stereocenters. The highest BCUT2D eigenvalue weighted by Gasteiger charge is 2.30. The van der Waals surface area contributed by atoms with E-state index in [1.165, 1.54) is 0 Å². The van der Waals surface area contributed by atoms with Crippen molar-refractivity contribution in [2.75, 3.05) is 0 Å². The number of aromatic nitrogens is 1. The average Bonchev–Trinajstić information content (AvgIpc) is 2.39. The number of halogens is 3. The van der Waals surface area contributed by atoms with Crippen molar-refractivity contribution >= 4 is 17.2 Å². The molecule has 1 aromatic carbocycles. The van der Waals surface area contributed by atoms with E-state index in [-0.39, 0.29) is 10.9 Å². The van der Waals surface area contributed by atoms with Gasteiger partial charge in [-0.2, -0.15) is 13.2 Å². The maximum Gasteiger partial charge on any atom is 0.417 e. The molecule has 0 radical (unpaired) electrons. The fraction of sp³-hybridized carbons (Fsp3) is 0.0769. The molecule has 0 amide bonds. The molecule has 0 atom stereocenters. The van der Waals surface area contributed by atoms with Crippen molar-refractivity contribution in [2.45, 2.75) is 6.18 Å². The summed E-state index contributed by atoms with van der Waals surface area (Å²) in [4.78, 5) is 3.86. The lowest BCUT2D eigenvalue weighted by molar-refractivity contribution is -0.137. The SMILES string of the molecule is NC(=S)c1ccc(Oc2ccc(C(F)(F)F)cn2)cc1. The Labute approximate surface area is 118 Å². The molecule has 2 N–H and O–H groups in total. The number of hydrogen-bond acceptors (Lipinski definition) is 3. The Morgan fingerprint density at radius 3 is 2.20 bits per heavy atom. The largest absolute Gasteiger partial charge is 0.439 e. The standard InChI is InChI=1S/C13H9F3N2OS/c14-13(15,16)9-3-6-11(18-7-9)19-10-4-1-8(2-5-10)12(17)20/h1-7H,(H2,17,20). The van der Waals surface area contributed by atoms with E-state index >= 15 is 0 Å². The van der Waals surface area contributed by atoms with Gasteiger partial charge in [-0.1, -0.05) is 12.2 Å². The van der Waals surface area contributed by atoms with Gasteiger partial charge >= 0.3 is 6.18 Å². The van der Waals surface area contributed by atoms with Gasteiger partial charge in [0.05, 0.1) is 5.56 Å². The van der Waals surface area contributed by atoms with Crippen LogP contribution in [0.2, 0.25) is 0 Å². The van der Waals surface area contributed by atoms with Gasteiger partial charge in [0.1, 0.15) is 10.7 Å². The first kappa shape index (κ1) is 14.3. The Bertz CT molecular complexity index is 609. The number of nitrogens with two attached hydrogens (primary N) is 1. The second kappa shape index (κ2) is 5.46. The molecule has 1 aromatic heterocycles. The van der Waals surface area contributed by atoms with E-state index in [9.17, 15) is 13.2 Å². The first-order chi connectivity index (χ1) is 9.36. The number of hydrogen-bond donors (Lipinski definition) is 1. The van der Waals surface area contributed by atoms with E-state index in [1.807, 2.05) is 0 Å². The summed E-state index contributed by atoms with van der Waals surface area (Å²) < 4.78 is 42.4. The third-order valence-corrected chi connectivity index (χ3v) is 2.66. The fourth-order valence-electron chi connectivity index (χ4n) is 1.42. The van der Waals surface area contributed by atoms with Crippen LogP contribution in [0.4, 0.5) is 13.2 Å². The Morgan fingerprint density at radius 1 is 1.10 bits per heavy atom. The van der Waals surface area contributed by atoms with E-state index in [2.05, 4.69) is 4.98 Å². The van der Waals surface area contributed by atoms with Gasteiger partial charge in [-0.05, 0) is 30.3 Å². The summed E-state index contributed by atoms with van der Waals surface area (Å²) in [7, 11) is 0. The number of benzene rings is 1. The monoisotopic (exact) mass is 298 g/mol. The third-order valence-electron chi connectivity index (χ3n) is 2.42. The second-order valence-electron chi connectivity index (χ2n) is 3.87. The summed E-state index contributed by atoms with van der Waals surface area (Å²) in [6.45, 7) is 0. The zero-order valence-corrected chi connectivity index (χ0v) is 10.8. The van der Waals surface area contributed by atoms with E-state index in [4.69, 9.17) is 22.7 Å². The molecule has 104 valence electrons. The maximum absolute atomic E-state index is 12.4. The molecule has 0 saturated carbocycles. The molecular weight excluding hydrogens is 289 g/mol. The summed E-state index contributed by atoms with van der Waals surface area (Å²) in [5.41, 5.74) is 5.29. The number of ether oxygens (including phenoxy) is 1. The third kappa shape index (κ3) is 3.45. The van der Waals surface area contributed by atoms with Crippen LogP contribution in [0.1, 0.15) is 11.1 Å². The molecule has 7 heteroatoms. The molecule has 0 aliphatic carbocycles. The molecule has 0 fully saturated rings. The van der Waals surface area contributed by atoms with Crippen molar-refractivity contribution in [1.29, 1.82) is 0 Å². The number of thiocarbonyl (C=S) groups is 1. The van der Waals surface area contributed by atoms with Gasteiger partial charge in [0, 0.05) is 17.8 Å². The van der Waals surface area contributed by atoms with Gasteiger partial charge in [0.25, 0.3) is 0 Å². The Morgan fingerprint density at radius 2 is 1.75 bits per heavy atom. The second-order valence-corrected chi connectivity index (χ2v) is 4.31. The topological polar surface area (TPSA) is 48.1 Å². The highest BCUT2D eigenvalue weighted by Crippen LogP contribution is 2.30. The highest BCUT2D eigenvalue weighted by molar-refractivity contribution is 7.80. The lowest BCUT2D eigenvalue weighted by Gasteiger charge is -2.08. The minimum Gasteiger partial charge on any atom is -0.439 e. The molecule has 20 heavy (non-hydrogen) atoms. The molecule has 0 bridgehead atoms. The normalized spacial score (nSPS) is 11.2. The van der Waals surface area contributed by atoms with Gasteiger partial charge in [0.2, 0.25) is 5.88 Å². The van der Waals surface area contributed by atoms with Crippen LogP contribution in [-0.2, 0) is 6.18 Å². The molecule has 0 aliphatic rings. The minimum absolute atomic E-state index is 0.0704. The van der Waals surface area contributed by atoms with Crippen LogP contribution in [-0.4, -0.2) is 9.97 Å². The zero-order chi connectivity index (χ0) is 14.8. The van der Waals surface area contributed by atoms with Crippen LogP contribution in [0.3, 0.4) is 0 Å². The predicted molar refractivity (Wildman–Crippen MR) is 71.6 cm³/mol. The van der Waals surface area contributed by atoms with Gasteiger partial charge in [-0.25, -0.2) is 4.98 Å². The predicted octanol–water partition coefficient (Wildman–Crippen LogP) is 3.53. The van der Waals surface area contributed by atoms with Crippen LogP contribution >= 0.6 is 12.2 Å². The Hall–Kier alpha value is -2.15. The molecule has 0 spiro atoms. The number of rotatable bonds is 3. The van der Waals surface area contributed by atoms with Crippen LogP contribution in [0.5, 0.6) is 11.6 Å². The highest BCUT2D eigenvalue weighted by atomic mass is 32.1. The number of alkyl halides is 3. The fourth-order valence-corrected chi connectivity index (χ4v) is 1.55. The lowest BCUT2D eigenvalue weighted by atomic mass is 10.2. The molecular formula is C13H9F3N2OS. The molecule has 2 rings (SSSR count). The summed E-state index contributed by atoms with van der Waals surface area (Å²) in [5.74, 6) is 0.498. The van der Waals surface area contributed by atoms with Crippen molar-refractivity contribution in [2.24, 2.45) is 5.73 Å². The van der Waals surface area contributed by atoms with Gasteiger partial charge in [-0.3, -0.25) is 0 Å². The summed E-state index contributed by atoms with van der Waals surface area (Å²) in [6, 6.07) is 8.58. The van der Waals surface area contributed by atoms with E-state index in [0.717, 1.165) is 18.3 Å². The lowest BCUT2D eigenvalue weighted by Crippen LogP contribution is -2.08. The van der Waals surface area contributed by atoms with Crippen LogP contribution in [0, 0.1) is 0 Å². The summed E-state index contributed by atoms with van der Waals surface area (Å²) in [5, 5.41) is 0. The molecule has 3 nitrogen and oxygen atoms in total. The van der Waals surface area contributed by atoms with Crippen LogP contribution in [0.15, 0.2) is 42.6 Å². The number of pyridine rings is 1. The van der Waals surface area contributed by atoms with Crippen molar-refractivity contribution in [3.63, 3.8) is 0 Å². The first-order valence-electron chi connectivity index (χ1n) is 5.47.